The number of benzene rings is 3. The largest absolute Gasteiger partial charge is 0.398 e. The van der Waals surface area contributed by atoms with Gasteiger partial charge in [-0.1, -0.05) is 72.8 Å². The van der Waals surface area contributed by atoms with Crippen molar-refractivity contribution in [3.63, 3.8) is 0 Å². The molecule has 1 atom stereocenters. The van der Waals surface area contributed by atoms with Crippen LogP contribution >= 0.6 is 0 Å². The van der Waals surface area contributed by atoms with E-state index in [1.807, 2.05) is 6.07 Å². The van der Waals surface area contributed by atoms with Crippen molar-refractivity contribution in [2.24, 2.45) is 0 Å². The molecule has 0 fully saturated rings. The highest BCUT2D eigenvalue weighted by molar-refractivity contribution is 5.79. The summed E-state index contributed by atoms with van der Waals surface area (Å²) < 4.78 is 0.978. The summed E-state index contributed by atoms with van der Waals surface area (Å²) in [6.07, 6.45) is 5.35. The van der Waals surface area contributed by atoms with E-state index in [0.717, 1.165) is 35.2 Å². The normalized spacial score (nSPS) is 17.7. The molecule has 3 aromatic carbocycles. The zero-order chi connectivity index (χ0) is 19.6. The first-order chi connectivity index (χ1) is 13.7. The van der Waals surface area contributed by atoms with Gasteiger partial charge in [-0.05, 0) is 31.0 Å². The lowest BCUT2D eigenvalue weighted by atomic mass is 10.00. The van der Waals surface area contributed by atoms with Gasteiger partial charge in [0.15, 0.2) is 0 Å². The van der Waals surface area contributed by atoms with Crippen LogP contribution in [0.2, 0.25) is 0 Å². The molecular formula is C26H29N2+. The molecule has 1 heterocycles. The highest BCUT2D eigenvalue weighted by Crippen LogP contribution is 2.48. The first-order valence-electron chi connectivity index (χ1n) is 10.3. The lowest BCUT2D eigenvalue weighted by molar-refractivity contribution is 0.241. The minimum Gasteiger partial charge on any atom is -0.398 e. The Morgan fingerprint density at radius 3 is 2.18 bits per heavy atom. The molecule has 0 aliphatic carbocycles. The van der Waals surface area contributed by atoms with E-state index >= 15 is 0 Å². The Kier molecular flexibility index (Phi) is 5.06. The highest BCUT2D eigenvalue weighted by Gasteiger charge is 2.45. The van der Waals surface area contributed by atoms with Gasteiger partial charge in [0.05, 0.1) is 13.1 Å². The topological polar surface area (TPSA) is 26.0 Å². The fraction of sp³-hybridized carbons (Fsp3) is 0.231. The Labute approximate surface area is 168 Å². The molecule has 2 heteroatoms. The number of likely N-dealkylation sites (N-methyl/N-ethyl adjacent to an activating group) is 1. The molecule has 3 aromatic rings. The maximum atomic E-state index is 6.51. The predicted molar refractivity (Wildman–Crippen MR) is 122 cm³/mol. The predicted octanol–water partition coefficient (Wildman–Crippen LogP) is 6.08. The number of nitrogens with zero attached hydrogens (tertiary/aromatic N) is 1. The van der Waals surface area contributed by atoms with E-state index in [0.29, 0.717) is 6.04 Å². The Balaban J connectivity index is 1.75. The van der Waals surface area contributed by atoms with Crippen LogP contribution < -0.4 is 10.2 Å². The van der Waals surface area contributed by atoms with Gasteiger partial charge in [-0.3, -0.25) is 4.48 Å². The average Bonchev–Trinajstić information content (AvgIpc) is 3.07. The molecule has 0 bridgehead atoms. The van der Waals surface area contributed by atoms with Crippen LogP contribution in [0.15, 0.2) is 72.8 Å². The molecule has 0 saturated heterocycles. The molecule has 0 unspecified atom stereocenters. The Hall–Kier alpha value is -2.84. The van der Waals surface area contributed by atoms with Gasteiger partial charge in [-0.25, -0.2) is 0 Å². The van der Waals surface area contributed by atoms with Crippen molar-refractivity contribution in [2.45, 2.75) is 26.3 Å². The molecule has 2 nitrogen and oxygen atoms in total. The summed E-state index contributed by atoms with van der Waals surface area (Å²) >= 11 is 0. The first kappa shape index (κ1) is 18.5. The summed E-state index contributed by atoms with van der Waals surface area (Å²) in [5, 5.41) is 0. The SMILES string of the molecule is CC[N+]1(CC)c2cc(N)c(/C=C/c3ccccc3)cc2C[C@@H]1c1ccccc1. The van der Waals surface area contributed by atoms with Crippen LogP contribution in [0.1, 0.15) is 42.1 Å². The van der Waals surface area contributed by atoms with Crippen LogP contribution in [0.5, 0.6) is 0 Å². The lowest BCUT2D eigenvalue weighted by Gasteiger charge is -2.39. The van der Waals surface area contributed by atoms with Crippen molar-refractivity contribution in [3.8, 4) is 0 Å². The van der Waals surface area contributed by atoms with Crippen molar-refractivity contribution in [2.75, 3.05) is 18.8 Å². The molecule has 0 aromatic heterocycles. The van der Waals surface area contributed by atoms with E-state index in [-0.39, 0.29) is 0 Å². The first-order valence-corrected chi connectivity index (χ1v) is 10.3. The summed E-state index contributed by atoms with van der Waals surface area (Å²) in [5.74, 6) is 0. The minimum absolute atomic E-state index is 0.457. The standard InChI is InChI=1S/C26H29N2/c1-3-28(4-2)25(21-13-9-6-10-14-21)18-23-17-22(24(27)19-26(23)28)16-15-20-11-7-5-8-12-20/h5-17,19,25H,3-4,18,27H2,1-2H3/q+1/b16-15+/t25-/m1/s1. The number of nitrogens with two attached hydrogens (primary N) is 1. The molecular weight excluding hydrogens is 340 g/mol. The van der Waals surface area contributed by atoms with Crippen LogP contribution in [0.3, 0.4) is 0 Å². The van der Waals surface area contributed by atoms with Crippen LogP contribution in [0, 0.1) is 0 Å². The number of anilines is 1. The molecule has 1 aliphatic heterocycles. The van der Waals surface area contributed by atoms with Crippen molar-refractivity contribution in [1.82, 2.24) is 4.48 Å². The quantitative estimate of drug-likeness (QED) is 0.329. The summed E-state index contributed by atoms with van der Waals surface area (Å²) in [4.78, 5) is 0. The lowest BCUT2D eigenvalue weighted by Crippen LogP contribution is -2.49. The van der Waals surface area contributed by atoms with Crippen LogP contribution in [-0.2, 0) is 6.42 Å². The Bertz CT molecular complexity index is 970. The summed E-state index contributed by atoms with van der Waals surface area (Å²) in [5.41, 5.74) is 13.9. The zero-order valence-corrected chi connectivity index (χ0v) is 16.8. The molecule has 1 aliphatic rings. The number of nitrogen functional groups attached to an aromatic ring is 1. The monoisotopic (exact) mass is 369 g/mol. The third kappa shape index (κ3) is 3.14. The van der Waals surface area contributed by atoms with Crippen LogP contribution in [-0.4, -0.2) is 13.1 Å². The average molecular weight is 370 g/mol. The molecule has 4 rings (SSSR count). The van der Waals surface area contributed by atoms with Gasteiger partial charge < -0.3 is 5.73 Å². The molecule has 2 N–H and O–H groups in total. The number of rotatable bonds is 5. The molecule has 0 amide bonds. The van der Waals surface area contributed by atoms with Gasteiger partial charge in [0, 0.05) is 29.3 Å². The number of hydrogen-bond acceptors (Lipinski definition) is 1. The van der Waals surface area contributed by atoms with E-state index in [1.165, 1.54) is 22.4 Å². The van der Waals surface area contributed by atoms with Crippen LogP contribution in [0.4, 0.5) is 11.4 Å². The Morgan fingerprint density at radius 2 is 1.54 bits per heavy atom. The fourth-order valence-corrected chi connectivity index (χ4v) is 4.78. The highest BCUT2D eigenvalue weighted by atomic mass is 15.4. The van der Waals surface area contributed by atoms with Crippen molar-refractivity contribution in [3.05, 3.63) is 95.1 Å². The van der Waals surface area contributed by atoms with E-state index in [1.54, 1.807) is 0 Å². The van der Waals surface area contributed by atoms with E-state index in [4.69, 9.17) is 5.73 Å². The van der Waals surface area contributed by atoms with Crippen molar-refractivity contribution >= 4 is 23.5 Å². The molecule has 0 saturated carbocycles. The Morgan fingerprint density at radius 1 is 0.893 bits per heavy atom. The maximum Gasteiger partial charge on any atom is 0.138 e. The van der Waals surface area contributed by atoms with Crippen molar-refractivity contribution in [1.29, 1.82) is 0 Å². The number of hydrogen-bond donors (Lipinski definition) is 1. The van der Waals surface area contributed by atoms with E-state index < -0.39 is 0 Å². The maximum absolute atomic E-state index is 6.51. The minimum atomic E-state index is 0.457. The summed E-state index contributed by atoms with van der Waals surface area (Å²) in [6.45, 7) is 6.74. The van der Waals surface area contributed by atoms with Crippen molar-refractivity contribution < 1.29 is 0 Å². The third-order valence-electron chi connectivity index (χ3n) is 6.34. The third-order valence-corrected chi connectivity index (χ3v) is 6.34. The number of quaternary nitrogens is 1. The van der Waals surface area contributed by atoms with Gasteiger partial charge in [0.1, 0.15) is 11.7 Å². The molecule has 0 spiro atoms. The zero-order valence-electron chi connectivity index (χ0n) is 16.8. The van der Waals surface area contributed by atoms with Gasteiger partial charge in [0.2, 0.25) is 0 Å². The molecule has 28 heavy (non-hydrogen) atoms. The summed E-state index contributed by atoms with van der Waals surface area (Å²) in [7, 11) is 0. The molecule has 0 radical (unpaired) electrons. The second-order valence-corrected chi connectivity index (χ2v) is 7.65. The van der Waals surface area contributed by atoms with Crippen LogP contribution in [0.25, 0.3) is 12.2 Å². The van der Waals surface area contributed by atoms with E-state index in [2.05, 4.69) is 92.7 Å². The van der Waals surface area contributed by atoms with Gasteiger partial charge in [-0.15, -0.1) is 0 Å². The van der Waals surface area contributed by atoms with E-state index in [9.17, 15) is 0 Å². The van der Waals surface area contributed by atoms with Gasteiger partial charge >= 0.3 is 0 Å². The number of fused-ring (bicyclic) bond motifs is 1. The second kappa shape index (κ2) is 7.65. The van der Waals surface area contributed by atoms with Gasteiger partial charge in [-0.2, -0.15) is 0 Å². The smallest absolute Gasteiger partial charge is 0.138 e. The molecule has 142 valence electrons. The second-order valence-electron chi connectivity index (χ2n) is 7.65. The van der Waals surface area contributed by atoms with Gasteiger partial charge in [0.25, 0.3) is 0 Å². The fourth-order valence-electron chi connectivity index (χ4n) is 4.78. The summed E-state index contributed by atoms with van der Waals surface area (Å²) in [6, 6.07) is 26.3.